The van der Waals surface area contributed by atoms with Crippen molar-refractivity contribution < 1.29 is 23.9 Å². The summed E-state index contributed by atoms with van der Waals surface area (Å²) in [6, 6.07) is 13.9. The summed E-state index contributed by atoms with van der Waals surface area (Å²) in [5, 5.41) is 5.11. The number of Topliss-reactive ketones (excluding diaryl/α,β-unsaturated/α-hetero) is 2. The molecule has 1 amide bonds. The lowest BCUT2D eigenvalue weighted by Crippen LogP contribution is -2.31. The third-order valence-electron chi connectivity index (χ3n) is 5.28. The van der Waals surface area contributed by atoms with E-state index in [1.165, 1.54) is 6.92 Å². The lowest BCUT2D eigenvalue weighted by Gasteiger charge is -2.22. The Bertz CT molecular complexity index is 1000. The number of hydrogen-bond acceptors (Lipinski definition) is 5. The smallest absolute Gasteiger partial charge is 0.306 e. The molecule has 6 nitrogen and oxygen atoms in total. The second-order valence-electron chi connectivity index (χ2n) is 9.77. The van der Waals surface area contributed by atoms with Gasteiger partial charge in [-0.25, -0.2) is 0 Å². The van der Waals surface area contributed by atoms with Crippen LogP contribution in [0.5, 0.6) is 0 Å². The number of benzene rings is 2. The van der Waals surface area contributed by atoms with Crippen LogP contribution in [0.4, 0.5) is 0 Å². The topological polar surface area (TPSA) is 89.5 Å². The lowest BCUT2D eigenvalue weighted by molar-refractivity contribution is -0.156. The molecule has 6 heteroatoms. The van der Waals surface area contributed by atoms with E-state index >= 15 is 0 Å². The lowest BCUT2D eigenvalue weighted by atomic mass is 9.90. The molecular weight excluding hydrogens is 418 g/mol. The maximum Gasteiger partial charge on any atom is 0.306 e. The van der Waals surface area contributed by atoms with E-state index in [0.717, 1.165) is 16.3 Å². The third kappa shape index (κ3) is 9.16. The van der Waals surface area contributed by atoms with E-state index < -0.39 is 23.4 Å². The quantitative estimate of drug-likeness (QED) is 0.495. The molecule has 0 fully saturated rings. The Kier molecular flexibility index (Phi) is 9.32. The van der Waals surface area contributed by atoms with E-state index in [0.29, 0.717) is 6.54 Å². The van der Waals surface area contributed by atoms with Crippen molar-refractivity contribution >= 4 is 34.2 Å². The van der Waals surface area contributed by atoms with Gasteiger partial charge in [-0.05, 0) is 49.9 Å². The van der Waals surface area contributed by atoms with Crippen molar-refractivity contribution in [2.45, 2.75) is 72.4 Å². The van der Waals surface area contributed by atoms with E-state index in [1.54, 1.807) is 27.7 Å². The van der Waals surface area contributed by atoms with E-state index in [1.807, 2.05) is 42.5 Å². The fraction of sp³-hybridized carbons (Fsp3) is 0.481. The average molecular weight is 454 g/mol. The number of ether oxygens (including phenoxy) is 1. The number of carbonyl (C=O) groups is 4. The van der Waals surface area contributed by atoms with Gasteiger partial charge in [0.1, 0.15) is 17.2 Å². The molecule has 2 atom stereocenters. The molecule has 0 spiro atoms. The second-order valence-corrected chi connectivity index (χ2v) is 9.77. The van der Waals surface area contributed by atoms with E-state index in [2.05, 4.69) is 5.32 Å². The molecule has 0 bridgehead atoms. The van der Waals surface area contributed by atoms with Gasteiger partial charge in [-0.1, -0.05) is 49.4 Å². The zero-order valence-corrected chi connectivity index (χ0v) is 20.3. The first-order valence-corrected chi connectivity index (χ1v) is 11.4. The SMILES string of the molecule is CC(=O)C[C@@H](CC(=O)C[C@@H](C)C(=O)NCc1cccc2ccccc12)CC(=O)OC(C)(C)C. The number of amides is 1. The van der Waals surface area contributed by atoms with Crippen LogP contribution < -0.4 is 5.32 Å². The Hall–Kier alpha value is -3.02. The number of ketones is 2. The Balaban J connectivity index is 1.90. The van der Waals surface area contributed by atoms with Gasteiger partial charge in [-0.3, -0.25) is 14.4 Å². The minimum absolute atomic E-state index is 0.00422. The van der Waals surface area contributed by atoms with E-state index in [-0.39, 0.29) is 43.2 Å². The third-order valence-corrected chi connectivity index (χ3v) is 5.28. The van der Waals surface area contributed by atoms with Crippen molar-refractivity contribution in [3.05, 3.63) is 48.0 Å². The average Bonchev–Trinajstić information content (AvgIpc) is 2.69. The summed E-state index contributed by atoms with van der Waals surface area (Å²) in [7, 11) is 0. The van der Waals surface area contributed by atoms with Crippen LogP contribution in [0, 0.1) is 11.8 Å². The predicted octanol–water partition coefficient (Wildman–Crippen LogP) is 4.77. The molecule has 0 heterocycles. The maximum absolute atomic E-state index is 12.6. The van der Waals surface area contributed by atoms with Gasteiger partial charge in [0.2, 0.25) is 5.91 Å². The maximum atomic E-state index is 12.6. The van der Waals surface area contributed by atoms with Gasteiger partial charge in [-0.15, -0.1) is 0 Å². The Labute approximate surface area is 196 Å². The highest BCUT2D eigenvalue weighted by Crippen LogP contribution is 2.21. The van der Waals surface area contributed by atoms with Gasteiger partial charge in [0.15, 0.2) is 0 Å². The number of carbonyl (C=O) groups excluding carboxylic acids is 4. The molecule has 33 heavy (non-hydrogen) atoms. The molecule has 2 aromatic rings. The molecule has 2 rings (SSSR count). The first-order chi connectivity index (χ1) is 15.4. The summed E-state index contributed by atoms with van der Waals surface area (Å²) >= 11 is 0. The molecule has 0 aliphatic carbocycles. The summed E-state index contributed by atoms with van der Waals surface area (Å²) in [4.78, 5) is 49.0. The molecule has 0 aliphatic heterocycles. The van der Waals surface area contributed by atoms with Crippen molar-refractivity contribution in [3.8, 4) is 0 Å². The van der Waals surface area contributed by atoms with Crippen LogP contribution >= 0.6 is 0 Å². The molecule has 1 N–H and O–H groups in total. The largest absolute Gasteiger partial charge is 0.460 e. The van der Waals surface area contributed by atoms with Crippen LogP contribution in [0.15, 0.2) is 42.5 Å². The summed E-state index contributed by atoms with van der Waals surface area (Å²) in [5.74, 6) is -1.79. The molecule has 0 saturated heterocycles. The van der Waals surface area contributed by atoms with Crippen molar-refractivity contribution in [1.82, 2.24) is 5.32 Å². The van der Waals surface area contributed by atoms with Crippen LogP contribution in [0.25, 0.3) is 10.8 Å². The zero-order valence-electron chi connectivity index (χ0n) is 20.3. The summed E-state index contributed by atoms with van der Waals surface area (Å²) < 4.78 is 5.33. The Morgan fingerprint density at radius 3 is 2.24 bits per heavy atom. The summed E-state index contributed by atoms with van der Waals surface area (Å²) in [6.45, 7) is 8.85. The van der Waals surface area contributed by atoms with Crippen molar-refractivity contribution in [2.75, 3.05) is 0 Å². The normalized spacial score (nSPS) is 13.2. The zero-order chi connectivity index (χ0) is 24.6. The molecule has 0 saturated carbocycles. The Morgan fingerprint density at radius 1 is 0.909 bits per heavy atom. The first-order valence-electron chi connectivity index (χ1n) is 11.4. The van der Waals surface area contributed by atoms with Crippen LogP contribution in [0.2, 0.25) is 0 Å². The van der Waals surface area contributed by atoms with Crippen LogP contribution in [0.3, 0.4) is 0 Å². The monoisotopic (exact) mass is 453 g/mol. The van der Waals surface area contributed by atoms with Gasteiger partial charge >= 0.3 is 5.97 Å². The highest BCUT2D eigenvalue weighted by Gasteiger charge is 2.25. The van der Waals surface area contributed by atoms with Crippen LogP contribution in [0.1, 0.15) is 65.9 Å². The molecule has 0 aromatic heterocycles. The number of fused-ring (bicyclic) bond motifs is 1. The minimum Gasteiger partial charge on any atom is -0.460 e. The first kappa shape index (κ1) is 26.2. The van der Waals surface area contributed by atoms with Crippen LogP contribution in [-0.2, 0) is 30.5 Å². The van der Waals surface area contributed by atoms with Crippen molar-refractivity contribution in [3.63, 3.8) is 0 Å². The standard InChI is InChI=1S/C27H35NO5/c1-18(26(32)28-17-22-11-8-10-21-9-6-7-12-24(21)22)13-23(30)15-20(14-19(2)29)16-25(31)33-27(3,4)5/h6-12,18,20H,13-17H2,1-5H3,(H,28,32)/t18-,20+/m1/s1. The van der Waals surface area contributed by atoms with Gasteiger partial charge in [-0.2, -0.15) is 0 Å². The van der Waals surface area contributed by atoms with Crippen molar-refractivity contribution in [1.29, 1.82) is 0 Å². The Morgan fingerprint density at radius 2 is 1.58 bits per heavy atom. The molecule has 178 valence electrons. The number of rotatable bonds is 11. The van der Waals surface area contributed by atoms with Gasteiger partial charge in [0.05, 0.1) is 0 Å². The number of hydrogen-bond donors (Lipinski definition) is 1. The fourth-order valence-corrected chi connectivity index (χ4v) is 3.88. The van der Waals surface area contributed by atoms with Gasteiger partial charge in [0, 0.05) is 38.1 Å². The number of nitrogens with one attached hydrogen (secondary N) is 1. The summed E-state index contributed by atoms with van der Waals surface area (Å²) in [5.41, 5.74) is 0.386. The van der Waals surface area contributed by atoms with Gasteiger partial charge in [0.25, 0.3) is 0 Å². The van der Waals surface area contributed by atoms with Gasteiger partial charge < -0.3 is 14.8 Å². The predicted molar refractivity (Wildman–Crippen MR) is 128 cm³/mol. The van der Waals surface area contributed by atoms with E-state index in [9.17, 15) is 19.2 Å². The summed E-state index contributed by atoms with van der Waals surface area (Å²) in [6.07, 6.45) is 0.265. The highest BCUT2D eigenvalue weighted by molar-refractivity contribution is 5.89. The molecule has 0 radical (unpaired) electrons. The minimum atomic E-state index is -0.626. The van der Waals surface area contributed by atoms with Crippen LogP contribution in [-0.4, -0.2) is 29.0 Å². The van der Waals surface area contributed by atoms with Crippen molar-refractivity contribution in [2.24, 2.45) is 11.8 Å². The molecule has 0 aliphatic rings. The molecule has 2 aromatic carbocycles. The highest BCUT2D eigenvalue weighted by atomic mass is 16.6. The number of esters is 1. The molecule has 0 unspecified atom stereocenters. The van der Waals surface area contributed by atoms with E-state index in [4.69, 9.17) is 4.74 Å². The second kappa shape index (κ2) is 11.7. The molecular formula is C27H35NO5. The fourth-order valence-electron chi connectivity index (χ4n) is 3.88.